The fraction of sp³-hybridized carbons (Fsp3) is 0.588. The molecule has 2 saturated carbocycles. The number of carbonyl (C=O) groups is 1. The van der Waals surface area contributed by atoms with E-state index in [4.69, 9.17) is 0 Å². The molecule has 2 fully saturated rings. The molecule has 22 heavy (non-hydrogen) atoms. The van der Waals surface area contributed by atoms with Crippen molar-refractivity contribution in [2.75, 3.05) is 13.1 Å². The first-order valence-electron chi connectivity index (χ1n) is 8.02. The largest absolute Gasteiger partial charge is 0.388 e. The Morgan fingerprint density at radius 2 is 1.64 bits per heavy atom. The van der Waals surface area contributed by atoms with Crippen LogP contribution in [0.3, 0.4) is 0 Å². The van der Waals surface area contributed by atoms with Crippen molar-refractivity contribution in [2.24, 2.45) is 0 Å². The van der Waals surface area contributed by atoms with Gasteiger partial charge in [-0.2, -0.15) is 0 Å². The van der Waals surface area contributed by atoms with Gasteiger partial charge in [-0.05, 0) is 43.4 Å². The maximum atomic E-state index is 13.0. The number of benzene rings is 1. The maximum Gasteiger partial charge on any atom is 0.314 e. The molecule has 3 rings (SSSR count). The fourth-order valence-corrected chi connectivity index (χ4v) is 3.29. The zero-order valence-electron chi connectivity index (χ0n) is 12.7. The minimum Gasteiger partial charge on any atom is -0.388 e. The molecule has 0 aliphatic heterocycles. The van der Waals surface area contributed by atoms with Crippen LogP contribution in [0, 0.1) is 5.82 Å². The Labute approximate surface area is 130 Å². The molecular formula is C17H23FN2O2. The third kappa shape index (κ3) is 3.40. The Morgan fingerprint density at radius 1 is 1.05 bits per heavy atom. The first-order chi connectivity index (χ1) is 10.5. The summed E-state index contributed by atoms with van der Waals surface area (Å²) in [5.74, 6) is -0.241. The van der Waals surface area contributed by atoms with Crippen molar-refractivity contribution in [2.45, 2.75) is 49.5 Å². The highest BCUT2D eigenvalue weighted by molar-refractivity contribution is 5.74. The Morgan fingerprint density at radius 3 is 2.23 bits per heavy atom. The number of halogens is 1. The monoisotopic (exact) mass is 306 g/mol. The summed E-state index contributed by atoms with van der Waals surface area (Å²) in [6.45, 7) is 0.852. The number of hydrogen-bond acceptors (Lipinski definition) is 2. The first-order valence-corrected chi connectivity index (χ1v) is 8.02. The number of carbonyl (C=O) groups excluding carboxylic acids is 1. The van der Waals surface area contributed by atoms with E-state index in [-0.39, 0.29) is 17.3 Å². The Hall–Kier alpha value is -1.62. The van der Waals surface area contributed by atoms with Gasteiger partial charge in [-0.25, -0.2) is 9.18 Å². The summed E-state index contributed by atoms with van der Waals surface area (Å²) < 4.78 is 13.0. The zero-order valence-corrected chi connectivity index (χ0v) is 12.7. The van der Waals surface area contributed by atoms with E-state index in [2.05, 4.69) is 10.6 Å². The van der Waals surface area contributed by atoms with Gasteiger partial charge in [0.25, 0.3) is 0 Å². The fourth-order valence-electron chi connectivity index (χ4n) is 3.29. The molecule has 1 aromatic carbocycles. The normalized spacial score (nSPS) is 21.4. The molecule has 2 amide bonds. The lowest BCUT2D eigenvalue weighted by molar-refractivity contribution is 0.0501. The summed E-state index contributed by atoms with van der Waals surface area (Å²) in [6.07, 6.45) is 5.56. The molecule has 0 saturated heterocycles. The predicted molar refractivity (Wildman–Crippen MR) is 82.1 cm³/mol. The highest BCUT2D eigenvalue weighted by Crippen LogP contribution is 2.47. The third-order valence-electron chi connectivity index (χ3n) is 5.01. The van der Waals surface area contributed by atoms with Crippen molar-refractivity contribution in [3.63, 3.8) is 0 Å². The van der Waals surface area contributed by atoms with E-state index in [1.807, 2.05) is 0 Å². The van der Waals surface area contributed by atoms with E-state index < -0.39 is 5.60 Å². The second-order valence-corrected chi connectivity index (χ2v) is 6.75. The Balaban J connectivity index is 1.47. The molecule has 120 valence electrons. The summed E-state index contributed by atoms with van der Waals surface area (Å²) in [7, 11) is 0. The second-order valence-electron chi connectivity index (χ2n) is 6.75. The van der Waals surface area contributed by atoms with Crippen molar-refractivity contribution in [3.05, 3.63) is 35.6 Å². The Bertz CT molecular complexity index is 534. The summed E-state index contributed by atoms with van der Waals surface area (Å²) in [6, 6.07) is 6.27. The van der Waals surface area contributed by atoms with E-state index in [1.165, 1.54) is 12.1 Å². The van der Waals surface area contributed by atoms with Crippen LogP contribution < -0.4 is 10.6 Å². The number of amides is 2. The zero-order chi connectivity index (χ0) is 15.6. The van der Waals surface area contributed by atoms with E-state index >= 15 is 0 Å². The van der Waals surface area contributed by atoms with Crippen molar-refractivity contribution >= 4 is 6.03 Å². The molecule has 0 atom stereocenters. The van der Waals surface area contributed by atoms with Gasteiger partial charge in [-0.15, -0.1) is 0 Å². The van der Waals surface area contributed by atoms with Gasteiger partial charge < -0.3 is 15.7 Å². The lowest BCUT2D eigenvalue weighted by atomic mass is 9.96. The molecule has 5 heteroatoms. The summed E-state index contributed by atoms with van der Waals surface area (Å²) in [4.78, 5) is 11.9. The lowest BCUT2D eigenvalue weighted by Gasteiger charge is -2.23. The second kappa shape index (κ2) is 5.88. The number of rotatable bonds is 5. The molecule has 1 aromatic rings. The molecule has 2 aliphatic carbocycles. The molecule has 0 radical (unpaired) electrons. The molecule has 0 heterocycles. The van der Waals surface area contributed by atoms with Crippen LogP contribution in [0.25, 0.3) is 0 Å². The van der Waals surface area contributed by atoms with Crippen molar-refractivity contribution < 1.29 is 14.3 Å². The third-order valence-corrected chi connectivity index (χ3v) is 5.01. The summed E-state index contributed by atoms with van der Waals surface area (Å²) in [5.41, 5.74) is 0.296. The van der Waals surface area contributed by atoms with Crippen molar-refractivity contribution in [1.29, 1.82) is 0 Å². The summed E-state index contributed by atoms with van der Waals surface area (Å²) in [5, 5.41) is 15.9. The molecule has 0 spiro atoms. The van der Waals surface area contributed by atoms with Gasteiger partial charge in [0.2, 0.25) is 0 Å². The van der Waals surface area contributed by atoms with Crippen LogP contribution in [0.5, 0.6) is 0 Å². The van der Waals surface area contributed by atoms with Gasteiger partial charge >= 0.3 is 6.03 Å². The molecular weight excluding hydrogens is 283 g/mol. The average molecular weight is 306 g/mol. The average Bonchev–Trinajstić information content (AvgIpc) is 3.18. The van der Waals surface area contributed by atoms with Gasteiger partial charge in [-0.3, -0.25) is 0 Å². The van der Waals surface area contributed by atoms with Crippen LogP contribution in [-0.2, 0) is 5.41 Å². The van der Waals surface area contributed by atoms with Crippen molar-refractivity contribution in [1.82, 2.24) is 10.6 Å². The van der Waals surface area contributed by atoms with Crippen LogP contribution >= 0.6 is 0 Å². The quantitative estimate of drug-likeness (QED) is 0.782. The SMILES string of the molecule is O=C(NCC1(O)CCCC1)NCC1(c2ccc(F)cc2)CC1. The van der Waals surface area contributed by atoms with Gasteiger partial charge in [0, 0.05) is 18.5 Å². The number of nitrogens with one attached hydrogen (secondary N) is 2. The highest BCUT2D eigenvalue weighted by Gasteiger charge is 2.44. The van der Waals surface area contributed by atoms with E-state index in [9.17, 15) is 14.3 Å². The predicted octanol–water partition coefficient (Wildman–Crippen LogP) is 2.46. The van der Waals surface area contributed by atoms with E-state index in [1.54, 1.807) is 12.1 Å². The van der Waals surface area contributed by atoms with Crippen molar-refractivity contribution in [3.8, 4) is 0 Å². The molecule has 2 aliphatic rings. The minimum atomic E-state index is -0.731. The topological polar surface area (TPSA) is 61.4 Å². The molecule has 0 unspecified atom stereocenters. The number of aliphatic hydroxyl groups is 1. The van der Waals surface area contributed by atoms with Crippen LogP contribution in [0.15, 0.2) is 24.3 Å². The molecule has 4 nitrogen and oxygen atoms in total. The lowest BCUT2D eigenvalue weighted by Crippen LogP contribution is -2.46. The van der Waals surface area contributed by atoms with E-state index in [0.717, 1.165) is 44.1 Å². The van der Waals surface area contributed by atoms with Gasteiger partial charge in [-0.1, -0.05) is 25.0 Å². The molecule has 3 N–H and O–H groups in total. The van der Waals surface area contributed by atoms with Crippen LogP contribution in [0.4, 0.5) is 9.18 Å². The Kier molecular flexibility index (Phi) is 4.08. The van der Waals surface area contributed by atoms with Gasteiger partial charge in [0.1, 0.15) is 5.82 Å². The highest BCUT2D eigenvalue weighted by atomic mass is 19.1. The molecule has 0 aromatic heterocycles. The van der Waals surface area contributed by atoms with Crippen LogP contribution in [0.1, 0.15) is 44.1 Å². The van der Waals surface area contributed by atoms with E-state index in [0.29, 0.717) is 13.1 Å². The number of urea groups is 1. The smallest absolute Gasteiger partial charge is 0.314 e. The van der Waals surface area contributed by atoms with Gasteiger partial charge in [0.05, 0.1) is 5.60 Å². The standard InChI is InChI=1S/C17H23FN2O2/c18-14-5-3-13(4-6-14)16(9-10-16)11-19-15(21)20-12-17(22)7-1-2-8-17/h3-6,22H,1-2,7-12H2,(H2,19,20,21). The maximum absolute atomic E-state index is 13.0. The first kappa shape index (κ1) is 15.3. The van der Waals surface area contributed by atoms with Crippen LogP contribution in [-0.4, -0.2) is 29.8 Å². The number of hydrogen-bond donors (Lipinski definition) is 3. The van der Waals surface area contributed by atoms with Crippen LogP contribution in [0.2, 0.25) is 0 Å². The minimum absolute atomic E-state index is 0.0463. The summed E-state index contributed by atoms with van der Waals surface area (Å²) >= 11 is 0. The van der Waals surface area contributed by atoms with Gasteiger partial charge in [0.15, 0.2) is 0 Å². The molecule has 0 bridgehead atoms.